The van der Waals surface area contributed by atoms with E-state index < -0.39 is 0 Å². The van der Waals surface area contributed by atoms with Crippen LogP contribution in [0, 0.1) is 0 Å². The minimum Gasteiger partial charge on any atom is -0.337 e. The van der Waals surface area contributed by atoms with Crippen LogP contribution in [0.15, 0.2) is 17.5 Å². The lowest BCUT2D eigenvalue weighted by molar-refractivity contribution is 0.0780. The summed E-state index contributed by atoms with van der Waals surface area (Å²) < 4.78 is 0. The van der Waals surface area contributed by atoms with Crippen molar-refractivity contribution in [1.29, 1.82) is 0 Å². The summed E-state index contributed by atoms with van der Waals surface area (Å²) in [4.78, 5) is 14.4. The van der Waals surface area contributed by atoms with E-state index in [1.54, 1.807) is 0 Å². The van der Waals surface area contributed by atoms with Crippen LogP contribution in [0.3, 0.4) is 0 Å². The average molecular weight is 262 g/mol. The molecular formula is C9H12BrNOS. The van der Waals surface area contributed by atoms with E-state index in [-0.39, 0.29) is 5.91 Å². The molecule has 0 atom stereocenters. The van der Waals surface area contributed by atoms with Gasteiger partial charge in [-0.1, -0.05) is 22.0 Å². The van der Waals surface area contributed by atoms with Crippen LogP contribution in [0.25, 0.3) is 0 Å². The van der Waals surface area contributed by atoms with E-state index in [1.807, 2.05) is 29.3 Å². The molecule has 0 saturated heterocycles. The summed E-state index contributed by atoms with van der Waals surface area (Å²) in [6, 6.07) is 3.77. The summed E-state index contributed by atoms with van der Waals surface area (Å²) in [5.74, 6) is 0.136. The zero-order chi connectivity index (χ0) is 9.68. The second-order valence-electron chi connectivity index (χ2n) is 2.55. The number of rotatable bonds is 4. The number of hydrogen-bond donors (Lipinski definition) is 0. The number of halogens is 1. The minimum atomic E-state index is 0.136. The third kappa shape index (κ3) is 2.81. The second-order valence-corrected chi connectivity index (χ2v) is 4.29. The molecule has 0 N–H and O–H groups in total. The third-order valence-electron chi connectivity index (χ3n) is 1.76. The molecule has 2 nitrogen and oxygen atoms in total. The Morgan fingerprint density at radius 3 is 2.92 bits per heavy atom. The first-order chi connectivity index (χ1) is 6.29. The van der Waals surface area contributed by atoms with Crippen molar-refractivity contribution in [2.24, 2.45) is 0 Å². The van der Waals surface area contributed by atoms with E-state index in [9.17, 15) is 4.79 Å². The van der Waals surface area contributed by atoms with Crippen LogP contribution in [-0.2, 0) is 0 Å². The molecule has 0 fully saturated rings. The van der Waals surface area contributed by atoms with Crippen LogP contribution in [0.4, 0.5) is 0 Å². The standard InChI is InChI=1S/C9H12BrNOS/c1-2-11(6-5-10)9(12)8-4-3-7-13-8/h3-4,7H,2,5-6H2,1H3. The molecule has 1 heterocycles. The topological polar surface area (TPSA) is 20.3 Å². The van der Waals surface area contributed by atoms with Gasteiger partial charge in [0, 0.05) is 18.4 Å². The molecule has 0 spiro atoms. The fourth-order valence-electron chi connectivity index (χ4n) is 1.06. The summed E-state index contributed by atoms with van der Waals surface area (Å²) in [5.41, 5.74) is 0. The molecule has 0 aliphatic rings. The molecule has 0 unspecified atom stereocenters. The number of carbonyl (C=O) groups excluding carboxylic acids is 1. The lowest BCUT2D eigenvalue weighted by atomic mass is 10.4. The fourth-order valence-corrected chi connectivity index (χ4v) is 2.18. The third-order valence-corrected chi connectivity index (χ3v) is 2.97. The molecule has 1 aromatic rings. The zero-order valence-electron chi connectivity index (χ0n) is 7.50. The maximum absolute atomic E-state index is 11.7. The van der Waals surface area contributed by atoms with Gasteiger partial charge in [-0.3, -0.25) is 4.79 Å². The monoisotopic (exact) mass is 261 g/mol. The summed E-state index contributed by atoms with van der Waals surface area (Å²) in [7, 11) is 0. The molecule has 1 amide bonds. The second kappa shape index (κ2) is 5.40. The number of amides is 1. The van der Waals surface area contributed by atoms with Gasteiger partial charge >= 0.3 is 0 Å². The van der Waals surface area contributed by atoms with Crippen molar-refractivity contribution in [2.75, 3.05) is 18.4 Å². The van der Waals surface area contributed by atoms with Crippen molar-refractivity contribution < 1.29 is 4.79 Å². The van der Waals surface area contributed by atoms with Crippen molar-refractivity contribution in [2.45, 2.75) is 6.92 Å². The Hall–Kier alpha value is -0.350. The minimum absolute atomic E-state index is 0.136. The van der Waals surface area contributed by atoms with E-state index in [0.717, 1.165) is 23.3 Å². The van der Waals surface area contributed by atoms with Gasteiger partial charge in [-0.2, -0.15) is 0 Å². The molecule has 0 saturated carbocycles. The van der Waals surface area contributed by atoms with E-state index in [2.05, 4.69) is 15.9 Å². The van der Waals surface area contributed by atoms with Gasteiger partial charge < -0.3 is 4.90 Å². The van der Waals surface area contributed by atoms with Gasteiger partial charge in [-0.25, -0.2) is 0 Å². The molecular weight excluding hydrogens is 250 g/mol. The fraction of sp³-hybridized carbons (Fsp3) is 0.444. The predicted octanol–water partition coefficient (Wildman–Crippen LogP) is 2.61. The average Bonchev–Trinajstić information content (AvgIpc) is 2.65. The first kappa shape index (κ1) is 10.7. The summed E-state index contributed by atoms with van der Waals surface area (Å²) >= 11 is 4.83. The van der Waals surface area contributed by atoms with Crippen molar-refractivity contribution in [1.82, 2.24) is 4.90 Å². The highest BCUT2D eigenvalue weighted by molar-refractivity contribution is 9.09. The Morgan fingerprint density at radius 2 is 2.46 bits per heavy atom. The Balaban J connectivity index is 2.65. The SMILES string of the molecule is CCN(CCBr)C(=O)c1cccs1. The first-order valence-electron chi connectivity index (χ1n) is 4.18. The highest BCUT2D eigenvalue weighted by Crippen LogP contribution is 2.11. The van der Waals surface area contributed by atoms with Crippen molar-refractivity contribution >= 4 is 33.2 Å². The number of thiophene rings is 1. The number of hydrogen-bond acceptors (Lipinski definition) is 2. The summed E-state index contributed by atoms with van der Waals surface area (Å²) in [6.07, 6.45) is 0. The van der Waals surface area contributed by atoms with Crippen LogP contribution >= 0.6 is 27.3 Å². The normalized spacial score (nSPS) is 10.0. The predicted molar refractivity (Wildman–Crippen MR) is 59.7 cm³/mol. The number of carbonyl (C=O) groups is 1. The van der Waals surface area contributed by atoms with Crippen LogP contribution in [-0.4, -0.2) is 29.2 Å². The smallest absolute Gasteiger partial charge is 0.263 e. The molecule has 4 heteroatoms. The Morgan fingerprint density at radius 1 is 1.69 bits per heavy atom. The molecule has 0 aliphatic heterocycles. The maximum atomic E-state index is 11.7. The lowest BCUT2D eigenvalue weighted by Gasteiger charge is -2.18. The lowest BCUT2D eigenvalue weighted by Crippen LogP contribution is -2.31. The molecule has 0 radical (unpaired) electrons. The van der Waals surface area contributed by atoms with Crippen molar-refractivity contribution in [3.8, 4) is 0 Å². The van der Waals surface area contributed by atoms with Gasteiger partial charge in [0.25, 0.3) is 5.91 Å². The van der Waals surface area contributed by atoms with Crippen LogP contribution in [0.2, 0.25) is 0 Å². The Bertz CT molecular complexity index is 261. The molecule has 0 aliphatic carbocycles. The van der Waals surface area contributed by atoms with Gasteiger partial charge in [0.05, 0.1) is 4.88 Å². The highest BCUT2D eigenvalue weighted by Gasteiger charge is 2.13. The molecule has 13 heavy (non-hydrogen) atoms. The van der Waals surface area contributed by atoms with Crippen LogP contribution in [0.1, 0.15) is 16.6 Å². The van der Waals surface area contributed by atoms with Crippen molar-refractivity contribution in [3.05, 3.63) is 22.4 Å². The van der Waals surface area contributed by atoms with E-state index in [4.69, 9.17) is 0 Å². The molecule has 0 bridgehead atoms. The number of nitrogens with zero attached hydrogens (tertiary/aromatic N) is 1. The first-order valence-corrected chi connectivity index (χ1v) is 6.18. The van der Waals surface area contributed by atoms with E-state index >= 15 is 0 Å². The molecule has 1 aromatic heterocycles. The van der Waals surface area contributed by atoms with Gasteiger partial charge in [0.15, 0.2) is 0 Å². The van der Waals surface area contributed by atoms with Gasteiger partial charge in [0.1, 0.15) is 0 Å². The molecule has 0 aromatic carbocycles. The Labute approximate surface area is 90.7 Å². The van der Waals surface area contributed by atoms with Gasteiger partial charge in [-0.15, -0.1) is 11.3 Å². The quantitative estimate of drug-likeness (QED) is 0.764. The summed E-state index contributed by atoms with van der Waals surface area (Å²) in [5, 5.41) is 2.76. The zero-order valence-corrected chi connectivity index (χ0v) is 9.90. The van der Waals surface area contributed by atoms with Crippen molar-refractivity contribution in [3.63, 3.8) is 0 Å². The van der Waals surface area contributed by atoms with E-state index in [0.29, 0.717) is 0 Å². The Kier molecular flexibility index (Phi) is 4.45. The van der Waals surface area contributed by atoms with Crippen LogP contribution in [0.5, 0.6) is 0 Å². The highest BCUT2D eigenvalue weighted by atomic mass is 79.9. The number of alkyl halides is 1. The molecule has 1 rings (SSSR count). The van der Waals surface area contributed by atoms with Gasteiger partial charge in [-0.05, 0) is 18.4 Å². The van der Waals surface area contributed by atoms with Crippen LogP contribution < -0.4 is 0 Å². The largest absolute Gasteiger partial charge is 0.337 e. The van der Waals surface area contributed by atoms with Gasteiger partial charge in [0.2, 0.25) is 0 Å². The summed E-state index contributed by atoms with van der Waals surface area (Å²) in [6.45, 7) is 3.53. The van der Waals surface area contributed by atoms with E-state index in [1.165, 1.54) is 11.3 Å². The molecule has 72 valence electrons. The maximum Gasteiger partial charge on any atom is 0.263 e.